The predicted molar refractivity (Wildman–Crippen MR) is 81.7 cm³/mol. The standard InChI is InChI=1S/C16H17N3O3/c1-10-6-7-19(2)15(10)16(21)17-11-4-3-5-12(8-11)22-14-9-13(20)18-14/h3-8,14H,9H2,1-2H3,(H,17,21)(H,18,20). The molecule has 2 amide bonds. The summed E-state index contributed by atoms with van der Waals surface area (Å²) in [4.78, 5) is 23.2. The van der Waals surface area contributed by atoms with Gasteiger partial charge >= 0.3 is 0 Å². The highest BCUT2D eigenvalue weighted by molar-refractivity contribution is 6.04. The van der Waals surface area contributed by atoms with Gasteiger partial charge in [0.1, 0.15) is 11.4 Å². The number of amides is 2. The molecule has 22 heavy (non-hydrogen) atoms. The first-order valence-electron chi connectivity index (χ1n) is 7.02. The molecular weight excluding hydrogens is 282 g/mol. The first kappa shape index (κ1) is 14.2. The van der Waals surface area contributed by atoms with Crippen LogP contribution in [0.3, 0.4) is 0 Å². The van der Waals surface area contributed by atoms with Gasteiger partial charge in [-0.1, -0.05) is 6.07 Å². The van der Waals surface area contributed by atoms with Gasteiger partial charge < -0.3 is 19.9 Å². The molecular formula is C16H17N3O3. The maximum atomic E-state index is 12.3. The number of anilines is 1. The van der Waals surface area contributed by atoms with Gasteiger partial charge in [0.25, 0.3) is 5.91 Å². The number of nitrogens with one attached hydrogen (secondary N) is 2. The van der Waals surface area contributed by atoms with Crippen molar-refractivity contribution in [2.24, 2.45) is 7.05 Å². The van der Waals surface area contributed by atoms with Crippen molar-refractivity contribution < 1.29 is 14.3 Å². The molecule has 0 bridgehead atoms. The van der Waals surface area contributed by atoms with Crippen LogP contribution in [-0.4, -0.2) is 22.6 Å². The molecule has 6 nitrogen and oxygen atoms in total. The minimum Gasteiger partial charge on any atom is -0.470 e. The van der Waals surface area contributed by atoms with Gasteiger partial charge in [0.05, 0.1) is 6.42 Å². The van der Waals surface area contributed by atoms with Gasteiger partial charge in [0, 0.05) is 25.0 Å². The van der Waals surface area contributed by atoms with Crippen molar-refractivity contribution in [2.75, 3.05) is 5.32 Å². The normalized spacial score (nSPS) is 16.6. The lowest BCUT2D eigenvalue weighted by Gasteiger charge is -2.27. The summed E-state index contributed by atoms with van der Waals surface area (Å²) in [6.45, 7) is 1.90. The van der Waals surface area contributed by atoms with E-state index in [-0.39, 0.29) is 18.0 Å². The van der Waals surface area contributed by atoms with Gasteiger partial charge in [-0.15, -0.1) is 0 Å². The third-order valence-electron chi connectivity index (χ3n) is 3.55. The minimum absolute atomic E-state index is 0.0198. The lowest BCUT2D eigenvalue weighted by molar-refractivity contribution is -0.134. The maximum Gasteiger partial charge on any atom is 0.272 e. The third-order valence-corrected chi connectivity index (χ3v) is 3.55. The van der Waals surface area contributed by atoms with Crippen LogP contribution in [0.1, 0.15) is 22.5 Å². The summed E-state index contributed by atoms with van der Waals surface area (Å²) in [6.07, 6.45) is 1.93. The SMILES string of the molecule is Cc1ccn(C)c1C(=O)Nc1cccc(OC2CC(=O)N2)c1. The van der Waals surface area contributed by atoms with Crippen LogP contribution in [-0.2, 0) is 11.8 Å². The van der Waals surface area contributed by atoms with Crippen LogP contribution >= 0.6 is 0 Å². The van der Waals surface area contributed by atoms with Crippen molar-refractivity contribution in [3.05, 3.63) is 47.8 Å². The summed E-state index contributed by atoms with van der Waals surface area (Å²) in [7, 11) is 1.83. The predicted octanol–water partition coefficient (Wildman–Crippen LogP) is 1.81. The monoisotopic (exact) mass is 299 g/mol. The van der Waals surface area contributed by atoms with Crippen LogP contribution in [0.5, 0.6) is 5.75 Å². The van der Waals surface area contributed by atoms with Crippen LogP contribution in [0.4, 0.5) is 5.69 Å². The molecule has 6 heteroatoms. The van der Waals surface area contributed by atoms with E-state index in [0.29, 0.717) is 23.6 Å². The largest absolute Gasteiger partial charge is 0.470 e. The minimum atomic E-state index is -0.284. The van der Waals surface area contributed by atoms with Crippen molar-refractivity contribution in [1.29, 1.82) is 0 Å². The number of carbonyl (C=O) groups is 2. The van der Waals surface area contributed by atoms with Gasteiger partial charge in [-0.2, -0.15) is 0 Å². The fourth-order valence-electron chi connectivity index (χ4n) is 2.39. The van der Waals surface area contributed by atoms with Crippen LogP contribution in [0.2, 0.25) is 0 Å². The fourth-order valence-corrected chi connectivity index (χ4v) is 2.39. The first-order chi connectivity index (χ1) is 10.5. The number of aryl methyl sites for hydroxylation is 2. The first-order valence-corrected chi connectivity index (χ1v) is 7.02. The van der Waals surface area contributed by atoms with E-state index in [4.69, 9.17) is 4.74 Å². The average molecular weight is 299 g/mol. The molecule has 114 valence electrons. The van der Waals surface area contributed by atoms with E-state index in [1.807, 2.05) is 26.2 Å². The molecule has 2 N–H and O–H groups in total. The number of β-lactam (4-membered cyclic amide) rings is 1. The Bertz CT molecular complexity index is 708. The fraction of sp³-hybridized carbons (Fsp3) is 0.250. The summed E-state index contributed by atoms with van der Waals surface area (Å²) in [6, 6.07) is 9.01. The van der Waals surface area contributed by atoms with Crippen molar-refractivity contribution in [2.45, 2.75) is 19.6 Å². The van der Waals surface area contributed by atoms with Gasteiger partial charge in [-0.3, -0.25) is 9.59 Å². The molecule has 1 aromatic heterocycles. The van der Waals surface area contributed by atoms with Gasteiger partial charge in [-0.25, -0.2) is 0 Å². The zero-order valence-corrected chi connectivity index (χ0v) is 12.4. The summed E-state index contributed by atoms with van der Waals surface area (Å²) in [5.74, 6) is 0.416. The van der Waals surface area contributed by atoms with Crippen molar-refractivity contribution in [3.8, 4) is 5.75 Å². The third kappa shape index (κ3) is 2.81. The maximum absolute atomic E-state index is 12.3. The quantitative estimate of drug-likeness (QED) is 0.846. The molecule has 0 saturated carbocycles. The molecule has 0 radical (unpaired) electrons. The number of benzene rings is 1. The molecule has 2 heterocycles. The van der Waals surface area contributed by atoms with E-state index in [9.17, 15) is 9.59 Å². The van der Waals surface area contributed by atoms with E-state index in [1.165, 1.54) is 0 Å². The zero-order chi connectivity index (χ0) is 15.7. The van der Waals surface area contributed by atoms with Crippen molar-refractivity contribution in [1.82, 2.24) is 9.88 Å². The molecule has 1 fully saturated rings. The number of nitrogens with zero attached hydrogens (tertiary/aromatic N) is 1. The van der Waals surface area contributed by atoms with Crippen molar-refractivity contribution >= 4 is 17.5 Å². The zero-order valence-electron chi connectivity index (χ0n) is 12.4. The highest BCUT2D eigenvalue weighted by Crippen LogP contribution is 2.21. The Morgan fingerprint density at radius 2 is 2.18 bits per heavy atom. The van der Waals surface area contributed by atoms with Crippen LogP contribution in [0.15, 0.2) is 36.5 Å². The highest BCUT2D eigenvalue weighted by atomic mass is 16.5. The smallest absolute Gasteiger partial charge is 0.272 e. The number of ether oxygens (including phenoxy) is 1. The second-order valence-electron chi connectivity index (χ2n) is 5.32. The second kappa shape index (κ2) is 5.55. The van der Waals surface area contributed by atoms with Crippen LogP contribution in [0, 0.1) is 6.92 Å². The number of hydrogen-bond acceptors (Lipinski definition) is 3. The number of aromatic nitrogens is 1. The Morgan fingerprint density at radius 1 is 1.41 bits per heavy atom. The molecule has 1 saturated heterocycles. The molecule has 3 rings (SSSR count). The second-order valence-corrected chi connectivity index (χ2v) is 5.32. The summed E-state index contributed by atoms with van der Waals surface area (Å²) < 4.78 is 7.38. The Labute approximate surface area is 128 Å². The molecule has 1 aliphatic heterocycles. The van der Waals surface area contributed by atoms with Gasteiger partial charge in [0.2, 0.25) is 5.91 Å². The molecule has 1 unspecified atom stereocenters. The van der Waals surface area contributed by atoms with E-state index in [1.54, 1.807) is 28.8 Å². The number of rotatable bonds is 4. The van der Waals surface area contributed by atoms with Crippen LogP contribution < -0.4 is 15.4 Å². The Morgan fingerprint density at radius 3 is 2.82 bits per heavy atom. The van der Waals surface area contributed by atoms with E-state index < -0.39 is 0 Å². The molecule has 0 spiro atoms. The Balaban J connectivity index is 1.70. The highest BCUT2D eigenvalue weighted by Gasteiger charge is 2.26. The lowest BCUT2D eigenvalue weighted by Crippen LogP contribution is -2.51. The lowest BCUT2D eigenvalue weighted by atomic mass is 10.2. The molecule has 1 aliphatic rings. The summed E-state index contributed by atoms with van der Waals surface area (Å²) >= 11 is 0. The molecule has 1 atom stereocenters. The van der Waals surface area contributed by atoms with E-state index in [2.05, 4.69) is 10.6 Å². The van der Waals surface area contributed by atoms with Crippen molar-refractivity contribution in [3.63, 3.8) is 0 Å². The van der Waals surface area contributed by atoms with E-state index in [0.717, 1.165) is 5.56 Å². The molecule has 1 aromatic carbocycles. The Kier molecular flexibility index (Phi) is 3.58. The Hall–Kier alpha value is -2.76. The van der Waals surface area contributed by atoms with Crippen LogP contribution in [0.25, 0.3) is 0 Å². The van der Waals surface area contributed by atoms with Gasteiger partial charge in [0.15, 0.2) is 6.23 Å². The molecule has 0 aliphatic carbocycles. The number of carbonyl (C=O) groups excluding carboxylic acids is 2. The van der Waals surface area contributed by atoms with Gasteiger partial charge in [-0.05, 0) is 30.7 Å². The number of hydrogen-bond donors (Lipinski definition) is 2. The summed E-state index contributed by atoms with van der Waals surface area (Å²) in [5, 5.41) is 5.49. The molecule has 2 aromatic rings. The topological polar surface area (TPSA) is 72.4 Å². The summed E-state index contributed by atoms with van der Waals surface area (Å²) in [5.41, 5.74) is 2.19. The van der Waals surface area contributed by atoms with E-state index >= 15 is 0 Å². The average Bonchev–Trinajstić information content (AvgIpc) is 2.77.